The molecule has 5 heteroatoms. The van der Waals surface area contributed by atoms with E-state index in [-0.39, 0.29) is 5.84 Å². The lowest BCUT2D eigenvalue weighted by atomic mass is 10.2. The highest BCUT2D eigenvalue weighted by atomic mass is 16.4. The molecule has 2 rings (SSSR count). The van der Waals surface area contributed by atoms with Crippen molar-refractivity contribution in [3.8, 4) is 0 Å². The molecule has 0 atom stereocenters. The molecule has 0 bridgehead atoms. The molecule has 0 aromatic carbocycles. The van der Waals surface area contributed by atoms with Crippen LogP contribution >= 0.6 is 0 Å². The first-order valence-corrected chi connectivity index (χ1v) is 5.43. The van der Waals surface area contributed by atoms with Crippen molar-refractivity contribution < 1.29 is 5.21 Å². The van der Waals surface area contributed by atoms with E-state index in [4.69, 9.17) is 10.9 Å². The summed E-state index contributed by atoms with van der Waals surface area (Å²) in [4.78, 5) is 4.11. The summed E-state index contributed by atoms with van der Waals surface area (Å²) in [5, 5.41) is 15.0. The van der Waals surface area contributed by atoms with E-state index < -0.39 is 0 Å². The summed E-state index contributed by atoms with van der Waals surface area (Å²) < 4.78 is 0. The standard InChI is InChI=1S/C11H16N4O/c12-11(15-16)10-9(2-1-5-14-10)7-13-6-8-3-4-8/h1-2,5,8,13,16H,3-4,6-7H2,(H2,12,15). The SMILES string of the molecule is NC(=NO)c1ncccc1CNCC1CC1. The Bertz CT molecular complexity index is 387. The molecule has 1 aliphatic rings. The molecule has 16 heavy (non-hydrogen) atoms. The van der Waals surface area contributed by atoms with Crippen LogP contribution in [0.5, 0.6) is 0 Å². The molecule has 0 amide bonds. The van der Waals surface area contributed by atoms with Crippen molar-refractivity contribution in [2.75, 3.05) is 6.54 Å². The Balaban J connectivity index is 2.00. The zero-order valence-corrected chi connectivity index (χ0v) is 9.06. The van der Waals surface area contributed by atoms with Crippen LogP contribution in [-0.4, -0.2) is 22.6 Å². The summed E-state index contributed by atoms with van der Waals surface area (Å²) >= 11 is 0. The molecule has 0 spiro atoms. The third kappa shape index (κ3) is 2.70. The van der Waals surface area contributed by atoms with Gasteiger partial charge in [-0.25, -0.2) is 0 Å². The highest BCUT2D eigenvalue weighted by Crippen LogP contribution is 2.27. The van der Waals surface area contributed by atoms with E-state index in [2.05, 4.69) is 15.5 Å². The lowest BCUT2D eigenvalue weighted by Gasteiger charge is -2.07. The molecule has 1 heterocycles. The molecular formula is C11H16N4O. The molecule has 1 fully saturated rings. The molecule has 86 valence electrons. The number of rotatable bonds is 5. The maximum atomic E-state index is 8.64. The second-order valence-corrected chi connectivity index (χ2v) is 4.07. The fraction of sp³-hybridized carbons (Fsp3) is 0.455. The van der Waals surface area contributed by atoms with E-state index in [1.165, 1.54) is 12.8 Å². The highest BCUT2D eigenvalue weighted by molar-refractivity contribution is 5.96. The van der Waals surface area contributed by atoms with Gasteiger partial charge in [0.2, 0.25) is 0 Å². The van der Waals surface area contributed by atoms with Gasteiger partial charge < -0.3 is 16.3 Å². The number of nitrogens with one attached hydrogen (secondary N) is 1. The van der Waals surface area contributed by atoms with Crippen LogP contribution in [0.1, 0.15) is 24.1 Å². The predicted molar refractivity (Wildman–Crippen MR) is 61.2 cm³/mol. The summed E-state index contributed by atoms with van der Waals surface area (Å²) in [6.45, 7) is 1.74. The van der Waals surface area contributed by atoms with E-state index in [0.717, 1.165) is 18.0 Å². The number of hydrogen-bond donors (Lipinski definition) is 3. The summed E-state index contributed by atoms with van der Waals surface area (Å²) in [6.07, 6.45) is 4.29. The Morgan fingerprint density at radius 3 is 3.12 bits per heavy atom. The highest BCUT2D eigenvalue weighted by Gasteiger charge is 2.20. The molecule has 0 unspecified atom stereocenters. The molecule has 0 radical (unpaired) electrons. The van der Waals surface area contributed by atoms with Crippen LogP contribution in [0, 0.1) is 5.92 Å². The molecule has 1 aromatic rings. The van der Waals surface area contributed by atoms with Crippen LogP contribution in [0.3, 0.4) is 0 Å². The minimum Gasteiger partial charge on any atom is -0.409 e. The number of nitrogens with two attached hydrogens (primary N) is 1. The first-order valence-electron chi connectivity index (χ1n) is 5.43. The van der Waals surface area contributed by atoms with Crippen molar-refractivity contribution in [3.63, 3.8) is 0 Å². The topological polar surface area (TPSA) is 83.5 Å². The summed E-state index contributed by atoms with van der Waals surface area (Å²) in [5.74, 6) is 0.896. The lowest BCUT2D eigenvalue weighted by molar-refractivity contribution is 0.318. The largest absolute Gasteiger partial charge is 0.409 e. The quantitative estimate of drug-likeness (QED) is 0.295. The molecule has 4 N–H and O–H groups in total. The maximum absolute atomic E-state index is 8.64. The van der Waals surface area contributed by atoms with Gasteiger partial charge in [-0.05, 0) is 36.9 Å². The first kappa shape index (κ1) is 10.9. The maximum Gasteiger partial charge on any atom is 0.189 e. The fourth-order valence-corrected chi connectivity index (χ4v) is 1.59. The monoisotopic (exact) mass is 220 g/mol. The smallest absolute Gasteiger partial charge is 0.189 e. The number of oxime groups is 1. The zero-order valence-electron chi connectivity index (χ0n) is 9.06. The fourth-order valence-electron chi connectivity index (χ4n) is 1.59. The first-order chi connectivity index (χ1) is 7.81. The third-order valence-electron chi connectivity index (χ3n) is 2.69. The van der Waals surface area contributed by atoms with Crippen molar-refractivity contribution in [1.82, 2.24) is 10.3 Å². The van der Waals surface area contributed by atoms with Crippen molar-refractivity contribution >= 4 is 5.84 Å². The normalized spacial score (nSPS) is 16.4. The Kier molecular flexibility index (Phi) is 3.36. The Morgan fingerprint density at radius 2 is 2.44 bits per heavy atom. The van der Waals surface area contributed by atoms with E-state index in [0.29, 0.717) is 12.2 Å². The van der Waals surface area contributed by atoms with Gasteiger partial charge in [-0.3, -0.25) is 4.98 Å². The molecule has 1 aromatic heterocycles. The van der Waals surface area contributed by atoms with Crippen LogP contribution in [0.25, 0.3) is 0 Å². The Labute approximate surface area is 94.4 Å². The van der Waals surface area contributed by atoms with Crippen LogP contribution in [0.2, 0.25) is 0 Å². The number of aromatic nitrogens is 1. The Hall–Kier alpha value is -1.62. The average Bonchev–Trinajstić information content (AvgIpc) is 3.13. The molecule has 0 aliphatic heterocycles. The number of amidine groups is 1. The van der Waals surface area contributed by atoms with Gasteiger partial charge in [0.15, 0.2) is 5.84 Å². The summed E-state index contributed by atoms with van der Waals surface area (Å²) in [5.41, 5.74) is 7.05. The summed E-state index contributed by atoms with van der Waals surface area (Å²) in [7, 11) is 0. The van der Waals surface area contributed by atoms with Gasteiger partial charge in [-0.2, -0.15) is 0 Å². The van der Waals surface area contributed by atoms with Crippen molar-refractivity contribution in [1.29, 1.82) is 0 Å². The number of nitrogens with zero attached hydrogens (tertiary/aromatic N) is 2. The van der Waals surface area contributed by atoms with Gasteiger partial charge in [0.25, 0.3) is 0 Å². The molecule has 1 aliphatic carbocycles. The number of pyridine rings is 1. The van der Waals surface area contributed by atoms with E-state index in [1.54, 1.807) is 6.20 Å². The second kappa shape index (κ2) is 4.94. The van der Waals surface area contributed by atoms with Gasteiger partial charge in [-0.15, -0.1) is 0 Å². The van der Waals surface area contributed by atoms with Crippen molar-refractivity contribution in [2.45, 2.75) is 19.4 Å². The van der Waals surface area contributed by atoms with E-state index in [1.807, 2.05) is 12.1 Å². The van der Waals surface area contributed by atoms with Gasteiger partial charge in [0.05, 0.1) is 0 Å². The molecule has 5 nitrogen and oxygen atoms in total. The van der Waals surface area contributed by atoms with Crippen molar-refractivity contribution in [2.24, 2.45) is 16.8 Å². The summed E-state index contributed by atoms with van der Waals surface area (Å²) in [6, 6.07) is 3.78. The van der Waals surface area contributed by atoms with Gasteiger partial charge in [-0.1, -0.05) is 11.2 Å². The van der Waals surface area contributed by atoms with Crippen LogP contribution in [-0.2, 0) is 6.54 Å². The van der Waals surface area contributed by atoms with Crippen LogP contribution in [0.15, 0.2) is 23.5 Å². The minimum absolute atomic E-state index is 0.0591. The second-order valence-electron chi connectivity index (χ2n) is 4.07. The minimum atomic E-state index is 0.0591. The number of hydrogen-bond acceptors (Lipinski definition) is 4. The van der Waals surface area contributed by atoms with Gasteiger partial charge >= 0.3 is 0 Å². The Morgan fingerprint density at radius 1 is 1.62 bits per heavy atom. The third-order valence-corrected chi connectivity index (χ3v) is 2.69. The van der Waals surface area contributed by atoms with Crippen molar-refractivity contribution in [3.05, 3.63) is 29.6 Å². The lowest BCUT2D eigenvalue weighted by Crippen LogP contribution is -2.22. The molecule has 0 saturated heterocycles. The van der Waals surface area contributed by atoms with E-state index >= 15 is 0 Å². The van der Waals surface area contributed by atoms with Crippen LogP contribution < -0.4 is 11.1 Å². The molecule has 1 saturated carbocycles. The zero-order chi connectivity index (χ0) is 11.4. The van der Waals surface area contributed by atoms with Gasteiger partial charge in [0.1, 0.15) is 5.69 Å². The molecular weight excluding hydrogens is 204 g/mol. The van der Waals surface area contributed by atoms with Crippen LogP contribution in [0.4, 0.5) is 0 Å². The predicted octanol–water partition coefficient (Wildman–Crippen LogP) is 0.676. The average molecular weight is 220 g/mol. The van der Waals surface area contributed by atoms with E-state index in [9.17, 15) is 0 Å². The van der Waals surface area contributed by atoms with Gasteiger partial charge in [0, 0.05) is 12.7 Å².